The molecule has 1 unspecified atom stereocenters. The minimum absolute atomic E-state index is 0.0234. The summed E-state index contributed by atoms with van der Waals surface area (Å²) in [5, 5.41) is 21.1. The van der Waals surface area contributed by atoms with Crippen molar-refractivity contribution in [1.82, 2.24) is 4.90 Å². The number of phenolic OH excluding ortho intramolecular Hbond substituents is 1. The second kappa shape index (κ2) is 7.76. The summed E-state index contributed by atoms with van der Waals surface area (Å²) in [5.74, 6) is -0.758. The van der Waals surface area contributed by atoms with Crippen LogP contribution < -0.4 is 4.74 Å². The summed E-state index contributed by atoms with van der Waals surface area (Å²) in [6.07, 6.45) is 2.17. The Morgan fingerprint density at radius 3 is 2.75 bits per heavy atom. The fourth-order valence-corrected chi connectivity index (χ4v) is 4.33. The van der Waals surface area contributed by atoms with Gasteiger partial charge in [-0.1, -0.05) is 17.7 Å². The molecular weight excluding hydrogens is 434 g/mol. The third-order valence-corrected chi connectivity index (χ3v) is 6.00. The lowest BCUT2D eigenvalue weighted by Gasteiger charge is -2.24. The van der Waals surface area contributed by atoms with E-state index in [9.17, 15) is 19.8 Å². The predicted molar refractivity (Wildman–Crippen MR) is 115 cm³/mol. The first kappa shape index (κ1) is 20.2. The summed E-state index contributed by atoms with van der Waals surface area (Å²) < 4.78 is 10.9. The Balaban J connectivity index is 1.66. The van der Waals surface area contributed by atoms with Crippen molar-refractivity contribution in [2.45, 2.75) is 19.0 Å². The fraction of sp³-hybridized carbons (Fsp3) is 0.167. The van der Waals surface area contributed by atoms with Gasteiger partial charge in [-0.15, -0.1) is 0 Å². The average Bonchev–Trinajstić information content (AvgIpc) is 3.52. The standard InChI is InChI=1S/C24H18ClNO6/c25-17-11-14(3-5-18(17)27)21-20(22(28)15-4-6-19-13(10-15)7-9-32-19)23(29)24(30)26(21)12-16-2-1-8-31-16/h1-6,8,10-11,21,27-28H,7,9,12H2/b22-20-. The van der Waals surface area contributed by atoms with Crippen molar-refractivity contribution in [3.8, 4) is 11.5 Å². The number of halogens is 1. The smallest absolute Gasteiger partial charge is 0.296 e. The quantitative estimate of drug-likeness (QED) is 0.350. The van der Waals surface area contributed by atoms with Crippen LogP contribution in [0.3, 0.4) is 0 Å². The lowest BCUT2D eigenvalue weighted by atomic mass is 9.94. The van der Waals surface area contributed by atoms with E-state index >= 15 is 0 Å². The SMILES string of the molecule is O=C1C(=O)N(Cc2ccco2)C(c2ccc(O)c(Cl)c2)/C1=C(/O)c1ccc2c(c1)CCO2. The highest BCUT2D eigenvalue weighted by Gasteiger charge is 2.46. The van der Waals surface area contributed by atoms with Crippen molar-refractivity contribution in [1.29, 1.82) is 0 Å². The molecule has 1 aromatic heterocycles. The van der Waals surface area contributed by atoms with E-state index in [4.69, 9.17) is 20.8 Å². The van der Waals surface area contributed by atoms with Crippen LogP contribution in [0.15, 0.2) is 64.8 Å². The summed E-state index contributed by atoms with van der Waals surface area (Å²) in [6.45, 7) is 0.578. The van der Waals surface area contributed by atoms with Crippen LogP contribution in [0, 0.1) is 0 Å². The molecule has 2 N–H and O–H groups in total. The van der Waals surface area contributed by atoms with Crippen LogP contribution in [0.2, 0.25) is 5.02 Å². The molecule has 0 bridgehead atoms. The Morgan fingerprint density at radius 2 is 2.00 bits per heavy atom. The highest BCUT2D eigenvalue weighted by molar-refractivity contribution is 6.46. The van der Waals surface area contributed by atoms with Gasteiger partial charge in [0.1, 0.15) is 23.0 Å². The first-order chi connectivity index (χ1) is 15.4. The fourth-order valence-electron chi connectivity index (χ4n) is 4.14. The zero-order valence-electron chi connectivity index (χ0n) is 16.7. The molecule has 32 heavy (non-hydrogen) atoms. The number of fused-ring (bicyclic) bond motifs is 1. The molecule has 3 aromatic rings. The molecule has 3 heterocycles. The van der Waals surface area contributed by atoms with Gasteiger partial charge in [0.15, 0.2) is 0 Å². The van der Waals surface area contributed by atoms with Crippen LogP contribution in [0.4, 0.5) is 0 Å². The molecule has 1 atom stereocenters. The number of nitrogens with zero attached hydrogens (tertiary/aromatic N) is 1. The van der Waals surface area contributed by atoms with Gasteiger partial charge < -0.3 is 24.3 Å². The van der Waals surface area contributed by atoms with Gasteiger partial charge in [-0.25, -0.2) is 0 Å². The third kappa shape index (κ3) is 3.31. The Bertz CT molecular complexity index is 1260. The van der Waals surface area contributed by atoms with Crippen LogP contribution >= 0.6 is 11.6 Å². The number of amides is 1. The lowest BCUT2D eigenvalue weighted by Crippen LogP contribution is -2.29. The van der Waals surface area contributed by atoms with Gasteiger partial charge in [0.25, 0.3) is 11.7 Å². The van der Waals surface area contributed by atoms with Crippen molar-refractivity contribution >= 4 is 29.1 Å². The number of carbonyl (C=O) groups excluding carboxylic acids is 2. The van der Waals surface area contributed by atoms with E-state index in [0.717, 1.165) is 11.3 Å². The summed E-state index contributed by atoms with van der Waals surface area (Å²) in [4.78, 5) is 27.4. The molecule has 0 radical (unpaired) electrons. The van der Waals surface area contributed by atoms with Crippen LogP contribution in [0.1, 0.15) is 28.5 Å². The van der Waals surface area contributed by atoms with Gasteiger partial charge in [-0.3, -0.25) is 9.59 Å². The largest absolute Gasteiger partial charge is 0.507 e. The van der Waals surface area contributed by atoms with Crippen molar-refractivity contribution in [3.05, 3.63) is 87.8 Å². The number of rotatable bonds is 4. The van der Waals surface area contributed by atoms with Gasteiger partial charge in [0.2, 0.25) is 0 Å². The molecule has 2 aliphatic rings. The van der Waals surface area contributed by atoms with Crippen LogP contribution in [0.25, 0.3) is 5.76 Å². The van der Waals surface area contributed by atoms with E-state index in [1.807, 2.05) is 0 Å². The number of furan rings is 1. The van der Waals surface area contributed by atoms with Gasteiger partial charge in [-0.2, -0.15) is 0 Å². The number of aliphatic hydroxyl groups is 1. The normalized spacial score (nSPS) is 19.3. The average molecular weight is 452 g/mol. The van der Waals surface area contributed by atoms with Crippen molar-refractivity contribution in [3.63, 3.8) is 0 Å². The number of hydrogen-bond donors (Lipinski definition) is 2. The highest BCUT2D eigenvalue weighted by atomic mass is 35.5. The second-order valence-electron chi connectivity index (χ2n) is 7.64. The number of phenols is 1. The molecule has 162 valence electrons. The van der Waals surface area contributed by atoms with Gasteiger partial charge in [0, 0.05) is 12.0 Å². The number of likely N-dealkylation sites (tertiary alicyclic amines) is 1. The summed E-state index contributed by atoms with van der Waals surface area (Å²) in [7, 11) is 0. The van der Waals surface area contributed by atoms with E-state index in [0.29, 0.717) is 29.9 Å². The van der Waals surface area contributed by atoms with E-state index in [-0.39, 0.29) is 28.6 Å². The Kier molecular flexibility index (Phi) is 4.90. The number of Topliss-reactive ketones (excluding diaryl/α,β-unsaturated/α-hetero) is 1. The Labute approximate surface area is 188 Å². The molecule has 2 aliphatic heterocycles. The molecule has 5 rings (SSSR count). The minimum Gasteiger partial charge on any atom is -0.507 e. The number of aromatic hydroxyl groups is 1. The zero-order valence-corrected chi connectivity index (χ0v) is 17.5. The molecule has 0 aliphatic carbocycles. The first-order valence-electron chi connectivity index (χ1n) is 9.99. The zero-order chi connectivity index (χ0) is 22.4. The second-order valence-corrected chi connectivity index (χ2v) is 8.05. The van der Waals surface area contributed by atoms with Gasteiger partial charge in [0.05, 0.1) is 36.1 Å². The summed E-state index contributed by atoms with van der Waals surface area (Å²) in [6, 6.07) is 12.1. The molecule has 8 heteroatoms. The lowest BCUT2D eigenvalue weighted by molar-refractivity contribution is -0.140. The van der Waals surface area contributed by atoms with E-state index in [2.05, 4.69) is 0 Å². The molecule has 7 nitrogen and oxygen atoms in total. The predicted octanol–water partition coefficient (Wildman–Crippen LogP) is 4.20. The number of ketones is 1. The van der Waals surface area contributed by atoms with Crippen LogP contribution in [-0.4, -0.2) is 33.4 Å². The van der Waals surface area contributed by atoms with E-state index in [1.54, 1.807) is 36.4 Å². The van der Waals surface area contributed by atoms with E-state index in [1.165, 1.54) is 23.3 Å². The summed E-state index contributed by atoms with van der Waals surface area (Å²) >= 11 is 6.11. The number of ether oxygens (including phenoxy) is 1. The maximum Gasteiger partial charge on any atom is 0.296 e. The molecule has 0 spiro atoms. The summed E-state index contributed by atoms with van der Waals surface area (Å²) in [5.41, 5.74) is 1.76. The number of benzene rings is 2. The maximum absolute atomic E-state index is 13.1. The van der Waals surface area contributed by atoms with Gasteiger partial charge >= 0.3 is 0 Å². The van der Waals surface area contributed by atoms with Crippen molar-refractivity contribution in [2.24, 2.45) is 0 Å². The monoisotopic (exact) mass is 451 g/mol. The Morgan fingerprint density at radius 1 is 1.16 bits per heavy atom. The topological polar surface area (TPSA) is 100 Å². The number of aliphatic hydroxyl groups excluding tert-OH is 1. The molecular formula is C24H18ClNO6. The maximum atomic E-state index is 13.1. The number of hydrogen-bond acceptors (Lipinski definition) is 6. The van der Waals surface area contributed by atoms with Crippen molar-refractivity contribution < 1.29 is 29.0 Å². The van der Waals surface area contributed by atoms with Gasteiger partial charge in [-0.05, 0) is 53.6 Å². The van der Waals surface area contributed by atoms with Crippen LogP contribution in [-0.2, 0) is 22.6 Å². The van der Waals surface area contributed by atoms with E-state index < -0.39 is 17.7 Å². The van der Waals surface area contributed by atoms with Crippen molar-refractivity contribution in [2.75, 3.05) is 6.61 Å². The van der Waals surface area contributed by atoms with Crippen LogP contribution in [0.5, 0.6) is 11.5 Å². The Hall–Kier alpha value is -3.71. The highest BCUT2D eigenvalue weighted by Crippen LogP contribution is 2.42. The molecule has 1 amide bonds. The third-order valence-electron chi connectivity index (χ3n) is 5.70. The number of carbonyl (C=O) groups is 2. The molecule has 1 fully saturated rings. The molecule has 2 aromatic carbocycles. The molecule has 1 saturated heterocycles. The first-order valence-corrected chi connectivity index (χ1v) is 10.4. The molecule has 0 saturated carbocycles. The minimum atomic E-state index is -0.914.